The van der Waals surface area contributed by atoms with E-state index in [-0.39, 0.29) is 0 Å². The first-order valence-electron chi connectivity index (χ1n) is 6.00. The smallest absolute Gasteiger partial charge is 0.0701 e. The molecule has 3 nitrogen and oxygen atoms in total. The lowest BCUT2D eigenvalue weighted by atomic mass is 10.1. The second kappa shape index (κ2) is 7.67. The van der Waals surface area contributed by atoms with Gasteiger partial charge in [0, 0.05) is 19.6 Å². The van der Waals surface area contributed by atoms with Gasteiger partial charge in [-0.1, -0.05) is 0 Å². The third-order valence-corrected chi connectivity index (χ3v) is 2.87. The van der Waals surface area contributed by atoms with Crippen LogP contribution in [-0.4, -0.2) is 37.7 Å². The summed E-state index contributed by atoms with van der Waals surface area (Å²) in [5.74, 6) is 0. The molecule has 0 aromatic carbocycles. The molecule has 1 rings (SSSR count). The van der Waals surface area contributed by atoms with Crippen LogP contribution < -0.4 is 0 Å². The lowest BCUT2D eigenvalue weighted by molar-refractivity contribution is -0.00158. The number of ether oxygens (including phenoxy) is 1. The molecular weight excluding hydrogens is 188 g/mol. The molecule has 0 radical (unpaired) electrons. The van der Waals surface area contributed by atoms with Crippen molar-refractivity contribution in [2.75, 3.05) is 26.7 Å². The summed E-state index contributed by atoms with van der Waals surface area (Å²) in [6.07, 6.45) is 7.02. The fraction of sp³-hybridized carbons (Fsp3) is 0.917. The maximum atomic E-state index is 8.41. The molecule has 0 aliphatic carbocycles. The van der Waals surface area contributed by atoms with Gasteiger partial charge in [0.2, 0.25) is 0 Å². The van der Waals surface area contributed by atoms with Crippen molar-refractivity contribution in [1.82, 2.24) is 4.90 Å². The van der Waals surface area contributed by atoms with E-state index in [1.54, 1.807) is 0 Å². The van der Waals surface area contributed by atoms with Crippen LogP contribution in [0.2, 0.25) is 0 Å². The third-order valence-electron chi connectivity index (χ3n) is 2.87. The zero-order chi connectivity index (χ0) is 10.9. The fourth-order valence-electron chi connectivity index (χ4n) is 1.98. The number of likely N-dealkylation sites (N-methyl/N-ethyl adjacent to an activating group) is 1. The Kier molecular flexibility index (Phi) is 6.38. The van der Waals surface area contributed by atoms with Crippen molar-refractivity contribution in [1.29, 1.82) is 5.26 Å². The van der Waals surface area contributed by atoms with E-state index in [2.05, 4.69) is 18.0 Å². The summed E-state index contributed by atoms with van der Waals surface area (Å²) in [6, 6.07) is 2.18. The lowest BCUT2D eigenvalue weighted by Crippen LogP contribution is -2.33. The van der Waals surface area contributed by atoms with Crippen molar-refractivity contribution >= 4 is 0 Å². The highest BCUT2D eigenvalue weighted by atomic mass is 16.5. The molecule has 1 aliphatic heterocycles. The van der Waals surface area contributed by atoms with E-state index >= 15 is 0 Å². The van der Waals surface area contributed by atoms with Crippen molar-refractivity contribution in [3.05, 3.63) is 0 Å². The average molecular weight is 210 g/mol. The van der Waals surface area contributed by atoms with Crippen LogP contribution >= 0.6 is 0 Å². The topological polar surface area (TPSA) is 36.3 Å². The molecule has 3 heteroatoms. The minimum absolute atomic E-state index is 0.444. The van der Waals surface area contributed by atoms with Gasteiger partial charge < -0.3 is 9.64 Å². The molecule has 0 saturated carbocycles. The molecule has 0 bridgehead atoms. The second-order valence-electron chi connectivity index (χ2n) is 4.37. The minimum Gasteiger partial charge on any atom is -0.377 e. The highest BCUT2D eigenvalue weighted by Gasteiger charge is 2.15. The van der Waals surface area contributed by atoms with E-state index in [1.165, 1.54) is 19.3 Å². The Hall–Kier alpha value is -0.590. The number of hydrogen-bond acceptors (Lipinski definition) is 3. The van der Waals surface area contributed by atoms with Gasteiger partial charge in [-0.25, -0.2) is 0 Å². The molecule has 1 aliphatic rings. The van der Waals surface area contributed by atoms with Crippen LogP contribution in [0.25, 0.3) is 0 Å². The summed E-state index contributed by atoms with van der Waals surface area (Å²) >= 11 is 0. The number of nitrogens with zero attached hydrogens (tertiary/aromatic N) is 2. The van der Waals surface area contributed by atoms with E-state index in [1.807, 2.05) is 0 Å². The summed E-state index contributed by atoms with van der Waals surface area (Å²) < 4.78 is 5.68. The Labute approximate surface area is 93.0 Å². The lowest BCUT2D eigenvalue weighted by Gasteiger charge is -2.27. The maximum absolute atomic E-state index is 8.41. The molecule has 1 unspecified atom stereocenters. The van der Waals surface area contributed by atoms with Crippen molar-refractivity contribution in [2.45, 2.75) is 44.6 Å². The van der Waals surface area contributed by atoms with E-state index in [0.717, 1.165) is 32.5 Å². The first kappa shape index (κ1) is 12.5. The van der Waals surface area contributed by atoms with Crippen LogP contribution in [0.15, 0.2) is 0 Å². The fourth-order valence-corrected chi connectivity index (χ4v) is 1.98. The van der Waals surface area contributed by atoms with Crippen molar-refractivity contribution in [2.24, 2.45) is 0 Å². The zero-order valence-electron chi connectivity index (χ0n) is 9.74. The van der Waals surface area contributed by atoms with Crippen molar-refractivity contribution in [3.8, 4) is 6.07 Å². The summed E-state index contributed by atoms with van der Waals surface area (Å²) in [6.45, 7) is 3.07. The monoisotopic (exact) mass is 210 g/mol. The Morgan fingerprint density at radius 3 is 2.93 bits per heavy atom. The van der Waals surface area contributed by atoms with Gasteiger partial charge in [0.15, 0.2) is 0 Å². The number of nitriles is 1. The highest BCUT2D eigenvalue weighted by molar-refractivity contribution is 4.70. The van der Waals surface area contributed by atoms with Crippen LogP contribution in [0.4, 0.5) is 0 Å². The summed E-state index contributed by atoms with van der Waals surface area (Å²) in [4.78, 5) is 2.33. The molecule has 1 atom stereocenters. The Bertz CT molecular complexity index is 194. The first-order chi connectivity index (χ1) is 7.33. The van der Waals surface area contributed by atoms with Gasteiger partial charge in [-0.2, -0.15) is 5.26 Å². The highest BCUT2D eigenvalue weighted by Crippen LogP contribution is 2.13. The van der Waals surface area contributed by atoms with Gasteiger partial charge in [-0.15, -0.1) is 0 Å². The van der Waals surface area contributed by atoms with E-state index in [9.17, 15) is 0 Å². The quantitative estimate of drug-likeness (QED) is 0.630. The van der Waals surface area contributed by atoms with Gasteiger partial charge in [-0.3, -0.25) is 0 Å². The molecule has 86 valence electrons. The number of unbranched alkanes of at least 4 members (excludes halogenated alkanes) is 2. The zero-order valence-corrected chi connectivity index (χ0v) is 9.74. The van der Waals surface area contributed by atoms with E-state index in [0.29, 0.717) is 12.5 Å². The van der Waals surface area contributed by atoms with Gasteiger partial charge >= 0.3 is 0 Å². The summed E-state index contributed by atoms with van der Waals surface area (Å²) in [5.41, 5.74) is 0. The van der Waals surface area contributed by atoms with Gasteiger partial charge in [0.25, 0.3) is 0 Å². The number of hydrogen-bond donors (Lipinski definition) is 0. The number of rotatable bonds is 6. The standard InChI is InChI=1S/C12H22N2O/c1-14(9-5-2-4-8-13)11-12-7-3-6-10-15-12/h12H,2-7,9-11H2,1H3. The molecular formula is C12H22N2O. The van der Waals surface area contributed by atoms with Crippen molar-refractivity contribution < 1.29 is 4.74 Å². The van der Waals surface area contributed by atoms with Gasteiger partial charge in [-0.05, 0) is 45.7 Å². The molecule has 0 spiro atoms. The van der Waals surface area contributed by atoms with Crippen LogP contribution in [0, 0.1) is 11.3 Å². The predicted molar refractivity (Wildman–Crippen MR) is 60.6 cm³/mol. The molecule has 0 aromatic heterocycles. The maximum Gasteiger partial charge on any atom is 0.0701 e. The SMILES string of the molecule is CN(CCCCC#N)CC1CCCCO1. The Morgan fingerprint density at radius 1 is 1.40 bits per heavy atom. The minimum atomic E-state index is 0.444. The van der Waals surface area contributed by atoms with Crippen LogP contribution in [-0.2, 0) is 4.74 Å². The van der Waals surface area contributed by atoms with Crippen LogP contribution in [0.1, 0.15) is 38.5 Å². The molecule has 15 heavy (non-hydrogen) atoms. The van der Waals surface area contributed by atoms with Crippen LogP contribution in [0.3, 0.4) is 0 Å². The van der Waals surface area contributed by atoms with Gasteiger partial charge in [0.1, 0.15) is 0 Å². The third kappa shape index (κ3) is 5.76. The molecule has 1 heterocycles. The summed E-state index contributed by atoms with van der Waals surface area (Å²) in [7, 11) is 2.14. The van der Waals surface area contributed by atoms with E-state index < -0.39 is 0 Å². The summed E-state index contributed by atoms with van der Waals surface area (Å²) in [5, 5.41) is 8.41. The average Bonchev–Trinajstić information content (AvgIpc) is 2.26. The molecule has 0 N–H and O–H groups in total. The normalized spacial score (nSPS) is 21.5. The van der Waals surface area contributed by atoms with Gasteiger partial charge in [0.05, 0.1) is 12.2 Å². The van der Waals surface area contributed by atoms with Crippen molar-refractivity contribution in [3.63, 3.8) is 0 Å². The second-order valence-corrected chi connectivity index (χ2v) is 4.37. The molecule has 1 saturated heterocycles. The Balaban J connectivity index is 2.01. The molecule has 1 fully saturated rings. The van der Waals surface area contributed by atoms with E-state index in [4.69, 9.17) is 10.00 Å². The first-order valence-corrected chi connectivity index (χ1v) is 6.00. The van der Waals surface area contributed by atoms with Crippen LogP contribution in [0.5, 0.6) is 0 Å². The molecule has 0 amide bonds. The predicted octanol–water partition coefficient (Wildman–Crippen LogP) is 2.18. The Morgan fingerprint density at radius 2 is 2.27 bits per heavy atom. The largest absolute Gasteiger partial charge is 0.377 e. The molecule has 0 aromatic rings.